The van der Waals surface area contributed by atoms with Crippen molar-refractivity contribution in [3.8, 4) is 0 Å². The summed E-state index contributed by atoms with van der Waals surface area (Å²) in [6.45, 7) is 7.28. The van der Waals surface area contributed by atoms with E-state index in [0.717, 1.165) is 18.7 Å². The van der Waals surface area contributed by atoms with E-state index in [2.05, 4.69) is 29.4 Å². The van der Waals surface area contributed by atoms with Gasteiger partial charge in [0.05, 0.1) is 6.54 Å². The van der Waals surface area contributed by atoms with E-state index in [1.807, 2.05) is 30.3 Å². The number of hydrogen-bond acceptors (Lipinski definition) is 3. The Balaban J connectivity index is 1.75. The average Bonchev–Trinajstić information content (AvgIpc) is 2.36. The van der Waals surface area contributed by atoms with Gasteiger partial charge in [-0.3, -0.25) is 9.69 Å². The van der Waals surface area contributed by atoms with Crippen LogP contribution in [0.15, 0.2) is 30.3 Å². The summed E-state index contributed by atoms with van der Waals surface area (Å²) in [5.74, 6) is 0.102. The largest absolute Gasteiger partial charge is 0.351 e. The lowest BCUT2D eigenvalue weighted by molar-refractivity contribution is -0.122. The molecular weight excluding hydrogens is 238 g/mol. The van der Waals surface area contributed by atoms with E-state index in [9.17, 15) is 4.79 Å². The van der Waals surface area contributed by atoms with Crippen molar-refractivity contribution in [1.82, 2.24) is 15.5 Å². The van der Waals surface area contributed by atoms with Gasteiger partial charge in [-0.15, -0.1) is 0 Å². The number of carbonyl (C=O) groups excluding carboxylic acids is 1. The summed E-state index contributed by atoms with van der Waals surface area (Å²) in [5.41, 5.74) is 1.14. The Morgan fingerprint density at radius 1 is 1.26 bits per heavy atom. The molecule has 1 fully saturated rings. The van der Waals surface area contributed by atoms with Crippen molar-refractivity contribution >= 4 is 5.91 Å². The minimum Gasteiger partial charge on any atom is -0.351 e. The number of nitrogens with zero attached hydrogens (tertiary/aromatic N) is 1. The van der Waals surface area contributed by atoms with E-state index < -0.39 is 0 Å². The lowest BCUT2D eigenvalue weighted by atomic mass is 10.1. The summed E-state index contributed by atoms with van der Waals surface area (Å²) in [5, 5.41) is 6.44. The molecule has 0 spiro atoms. The molecule has 0 aliphatic carbocycles. The van der Waals surface area contributed by atoms with Crippen LogP contribution in [0.5, 0.6) is 0 Å². The first kappa shape index (κ1) is 14.0. The fourth-order valence-corrected chi connectivity index (χ4v) is 2.62. The average molecular weight is 261 g/mol. The Morgan fingerprint density at radius 2 is 1.89 bits per heavy atom. The third kappa shape index (κ3) is 4.65. The zero-order chi connectivity index (χ0) is 13.7. The molecule has 19 heavy (non-hydrogen) atoms. The van der Waals surface area contributed by atoms with Crippen LogP contribution in [0.2, 0.25) is 0 Å². The maximum Gasteiger partial charge on any atom is 0.234 e. The van der Waals surface area contributed by atoms with Crippen molar-refractivity contribution < 1.29 is 4.79 Å². The molecule has 4 heteroatoms. The second kappa shape index (κ2) is 6.68. The quantitative estimate of drug-likeness (QED) is 0.849. The number of hydrogen-bond donors (Lipinski definition) is 2. The van der Waals surface area contributed by atoms with Crippen LogP contribution in [0.3, 0.4) is 0 Å². The maximum atomic E-state index is 11.9. The van der Waals surface area contributed by atoms with Gasteiger partial charge in [0.15, 0.2) is 0 Å². The van der Waals surface area contributed by atoms with E-state index in [1.165, 1.54) is 0 Å². The van der Waals surface area contributed by atoms with Gasteiger partial charge in [0.2, 0.25) is 5.91 Å². The zero-order valence-electron chi connectivity index (χ0n) is 11.7. The van der Waals surface area contributed by atoms with Crippen LogP contribution in [0.1, 0.15) is 19.4 Å². The molecule has 1 aromatic rings. The molecule has 1 aliphatic heterocycles. The van der Waals surface area contributed by atoms with Gasteiger partial charge in [-0.1, -0.05) is 30.3 Å². The van der Waals surface area contributed by atoms with Crippen LogP contribution < -0.4 is 10.6 Å². The molecule has 2 rings (SSSR count). The lowest BCUT2D eigenvalue weighted by Gasteiger charge is -2.35. The number of nitrogens with one attached hydrogen (secondary N) is 2. The molecule has 2 atom stereocenters. The molecule has 1 aromatic carbocycles. The highest BCUT2D eigenvalue weighted by Gasteiger charge is 2.22. The molecule has 104 valence electrons. The van der Waals surface area contributed by atoms with Crippen LogP contribution in [0.4, 0.5) is 0 Å². The molecule has 1 amide bonds. The molecule has 2 unspecified atom stereocenters. The number of benzene rings is 1. The van der Waals surface area contributed by atoms with Gasteiger partial charge in [-0.25, -0.2) is 0 Å². The highest BCUT2D eigenvalue weighted by atomic mass is 16.2. The number of carbonyl (C=O) groups is 1. The summed E-state index contributed by atoms with van der Waals surface area (Å²) in [4.78, 5) is 14.1. The third-order valence-electron chi connectivity index (χ3n) is 3.33. The van der Waals surface area contributed by atoms with Crippen LogP contribution in [0.25, 0.3) is 0 Å². The number of amides is 1. The van der Waals surface area contributed by atoms with Gasteiger partial charge < -0.3 is 10.6 Å². The molecule has 1 aliphatic rings. The first-order valence-electron chi connectivity index (χ1n) is 6.92. The van der Waals surface area contributed by atoms with Crippen molar-refractivity contribution in [3.63, 3.8) is 0 Å². The standard InChI is InChI=1S/C15H23N3O/c1-12-9-18(10-13(2)17-12)11-15(19)16-8-14-6-4-3-5-7-14/h3-7,12-13,17H,8-11H2,1-2H3,(H,16,19). The van der Waals surface area contributed by atoms with Crippen molar-refractivity contribution in [2.45, 2.75) is 32.5 Å². The Labute approximate surface area is 115 Å². The summed E-state index contributed by atoms with van der Waals surface area (Å²) >= 11 is 0. The maximum absolute atomic E-state index is 11.9. The summed E-state index contributed by atoms with van der Waals surface area (Å²) in [6, 6.07) is 10.9. The predicted octanol–water partition coefficient (Wildman–Crippen LogP) is 0.985. The Hall–Kier alpha value is -1.39. The number of piperazine rings is 1. The molecule has 4 nitrogen and oxygen atoms in total. The molecular formula is C15H23N3O. The van der Waals surface area contributed by atoms with Crippen molar-refractivity contribution in [1.29, 1.82) is 0 Å². The fourth-order valence-electron chi connectivity index (χ4n) is 2.62. The molecule has 0 radical (unpaired) electrons. The minimum atomic E-state index is 0.102. The monoisotopic (exact) mass is 261 g/mol. The summed E-state index contributed by atoms with van der Waals surface area (Å²) in [6.07, 6.45) is 0. The lowest BCUT2D eigenvalue weighted by Crippen LogP contribution is -2.55. The third-order valence-corrected chi connectivity index (χ3v) is 3.33. The predicted molar refractivity (Wildman–Crippen MR) is 76.8 cm³/mol. The summed E-state index contributed by atoms with van der Waals surface area (Å²) in [7, 11) is 0. The Morgan fingerprint density at radius 3 is 2.53 bits per heavy atom. The van der Waals surface area contributed by atoms with Gasteiger partial charge in [-0.05, 0) is 19.4 Å². The topological polar surface area (TPSA) is 44.4 Å². The fraction of sp³-hybridized carbons (Fsp3) is 0.533. The normalized spacial score (nSPS) is 24.1. The number of rotatable bonds is 4. The highest BCUT2D eigenvalue weighted by Crippen LogP contribution is 2.03. The van der Waals surface area contributed by atoms with Crippen LogP contribution in [-0.2, 0) is 11.3 Å². The zero-order valence-corrected chi connectivity index (χ0v) is 11.7. The van der Waals surface area contributed by atoms with Crippen molar-refractivity contribution in [3.05, 3.63) is 35.9 Å². The van der Waals surface area contributed by atoms with Crippen molar-refractivity contribution in [2.24, 2.45) is 0 Å². The summed E-state index contributed by atoms with van der Waals surface area (Å²) < 4.78 is 0. The van der Waals surface area contributed by atoms with E-state index in [1.54, 1.807) is 0 Å². The van der Waals surface area contributed by atoms with E-state index >= 15 is 0 Å². The molecule has 2 N–H and O–H groups in total. The first-order chi connectivity index (χ1) is 9.13. The van der Waals surface area contributed by atoms with E-state index in [4.69, 9.17) is 0 Å². The van der Waals surface area contributed by atoms with Gasteiger partial charge >= 0.3 is 0 Å². The van der Waals surface area contributed by atoms with Crippen LogP contribution in [0, 0.1) is 0 Å². The van der Waals surface area contributed by atoms with Crippen molar-refractivity contribution in [2.75, 3.05) is 19.6 Å². The highest BCUT2D eigenvalue weighted by molar-refractivity contribution is 5.78. The van der Waals surface area contributed by atoms with Gasteiger partial charge in [0.25, 0.3) is 0 Å². The molecule has 0 saturated carbocycles. The second-order valence-electron chi connectivity index (χ2n) is 5.43. The van der Waals surface area contributed by atoms with Gasteiger partial charge in [0.1, 0.15) is 0 Å². The molecule has 0 aromatic heterocycles. The second-order valence-corrected chi connectivity index (χ2v) is 5.43. The Kier molecular flexibility index (Phi) is 4.93. The van der Waals surface area contributed by atoms with Gasteiger partial charge in [-0.2, -0.15) is 0 Å². The molecule has 1 heterocycles. The SMILES string of the molecule is CC1CN(CC(=O)NCc2ccccc2)CC(C)N1. The molecule has 1 saturated heterocycles. The van der Waals surface area contributed by atoms with Crippen LogP contribution in [-0.4, -0.2) is 42.5 Å². The van der Waals surface area contributed by atoms with Crippen LogP contribution >= 0.6 is 0 Å². The minimum absolute atomic E-state index is 0.102. The first-order valence-corrected chi connectivity index (χ1v) is 6.92. The van der Waals surface area contributed by atoms with E-state index in [0.29, 0.717) is 25.2 Å². The van der Waals surface area contributed by atoms with E-state index in [-0.39, 0.29) is 5.91 Å². The smallest absolute Gasteiger partial charge is 0.234 e. The van der Waals surface area contributed by atoms with Gasteiger partial charge in [0, 0.05) is 31.7 Å². The molecule has 0 bridgehead atoms. The Bertz CT molecular complexity index is 397.